The molecule has 0 unspecified atom stereocenters. The van der Waals surface area contributed by atoms with E-state index in [0.29, 0.717) is 6.26 Å². The Morgan fingerprint density at radius 3 is 2.50 bits per heavy atom. The van der Waals surface area contributed by atoms with Gasteiger partial charge in [-0.25, -0.2) is 8.42 Å². The lowest BCUT2D eigenvalue weighted by atomic mass is 10.1. The van der Waals surface area contributed by atoms with E-state index in [1.165, 1.54) is 12.1 Å². The molecule has 4 nitrogen and oxygen atoms in total. The van der Waals surface area contributed by atoms with Crippen LogP contribution in [0.5, 0.6) is 0 Å². The second-order valence-corrected chi connectivity index (χ2v) is 5.09. The van der Waals surface area contributed by atoms with Gasteiger partial charge < -0.3 is 5.11 Å². The van der Waals surface area contributed by atoms with Crippen LogP contribution in [0.25, 0.3) is 0 Å². The first-order valence-electron chi connectivity index (χ1n) is 4.49. The van der Waals surface area contributed by atoms with Gasteiger partial charge in [0.1, 0.15) is 4.91 Å². The number of carbonyl (C=O) groups excluding carboxylic acids is 1. The smallest absolute Gasteiger partial charge is 0.211 e. The number of carbonyl (C=O) groups is 1. The van der Waals surface area contributed by atoms with Gasteiger partial charge in [0.2, 0.25) is 15.6 Å². The number of hydrogen-bond acceptors (Lipinski definition) is 4. The third-order valence-corrected chi connectivity index (χ3v) is 4.10. The lowest BCUT2D eigenvalue weighted by Crippen LogP contribution is -2.01. The van der Waals surface area contributed by atoms with Gasteiger partial charge in [0, 0.05) is 5.56 Å². The maximum absolute atomic E-state index is 11.9. The maximum atomic E-state index is 11.9. The van der Waals surface area contributed by atoms with Crippen molar-refractivity contribution in [3.05, 3.63) is 53.1 Å². The van der Waals surface area contributed by atoms with Crippen molar-refractivity contribution in [1.29, 1.82) is 0 Å². The summed E-state index contributed by atoms with van der Waals surface area (Å²) in [4.78, 5) is 11.5. The van der Waals surface area contributed by atoms with Gasteiger partial charge in [0.25, 0.3) is 0 Å². The van der Waals surface area contributed by atoms with Gasteiger partial charge in [-0.1, -0.05) is 12.1 Å². The van der Waals surface area contributed by atoms with Crippen molar-refractivity contribution in [2.24, 2.45) is 0 Å². The molecular formula is C11H8O4S. The predicted molar refractivity (Wildman–Crippen MR) is 57.8 cm³/mol. The number of aliphatic hydroxyl groups excluding tert-OH is 1. The lowest BCUT2D eigenvalue weighted by molar-refractivity contribution is 0.104. The third-order valence-electron chi connectivity index (χ3n) is 2.27. The fraction of sp³-hybridized carbons (Fsp3) is 0. The van der Waals surface area contributed by atoms with Crippen molar-refractivity contribution >= 4 is 15.6 Å². The molecule has 1 aliphatic rings. The number of Topliss-reactive ketones (excluding diaryl/α,β-unsaturated/α-hetero) is 1. The Hall–Kier alpha value is -1.88. The molecule has 5 heteroatoms. The van der Waals surface area contributed by atoms with Crippen molar-refractivity contribution in [3.63, 3.8) is 0 Å². The Labute approximate surface area is 92.5 Å². The number of benzene rings is 1. The molecule has 2 rings (SSSR count). The van der Waals surface area contributed by atoms with Gasteiger partial charge >= 0.3 is 0 Å². The minimum Gasteiger partial charge on any atom is -0.516 e. The van der Waals surface area contributed by atoms with Gasteiger partial charge in [-0.15, -0.1) is 0 Å². The first-order valence-corrected chi connectivity index (χ1v) is 5.97. The first kappa shape index (κ1) is 10.6. The summed E-state index contributed by atoms with van der Waals surface area (Å²) >= 11 is 0. The maximum Gasteiger partial charge on any atom is 0.211 e. The van der Waals surface area contributed by atoms with Gasteiger partial charge in [-0.3, -0.25) is 4.79 Å². The van der Waals surface area contributed by atoms with Gasteiger partial charge in [0.15, 0.2) is 0 Å². The van der Waals surface area contributed by atoms with Crippen molar-refractivity contribution in [2.75, 3.05) is 0 Å². The Kier molecular flexibility index (Phi) is 2.40. The molecule has 0 amide bonds. The minimum absolute atomic E-state index is 0.0255. The largest absolute Gasteiger partial charge is 0.516 e. The quantitative estimate of drug-likeness (QED) is 0.594. The fourth-order valence-electron chi connectivity index (χ4n) is 1.56. The lowest BCUT2D eigenvalue weighted by Gasteiger charge is -1.94. The SMILES string of the molecule is O=C1/C(=C/C=C/O)S(=O)(=O)c2ccccc21. The number of aliphatic hydroxyl groups is 1. The van der Waals surface area contributed by atoms with Crippen molar-refractivity contribution in [1.82, 2.24) is 0 Å². The molecular weight excluding hydrogens is 228 g/mol. The summed E-state index contributed by atoms with van der Waals surface area (Å²) in [6, 6.07) is 6.04. The van der Waals surface area contributed by atoms with Crippen molar-refractivity contribution in [2.45, 2.75) is 4.90 Å². The molecule has 0 spiro atoms. The van der Waals surface area contributed by atoms with E-state index in [1.807, 2.05) is 0 Å². The summed E-state index contributed by atoms with van der Waals surface area (Å²) in [6.07, 6.45) is 2.88. The number of allylic oxidation sites excluding steroid dienone is 3. The topological polar surface area (TPSA) is 71.4 Å². The van der Waals surface area contributed by atoms with Crippen LogP contribution in [0.1, 0.15) is 10.4 Å². The summed E-state index contributed by atoms with van der Waals surface area (Å²) in [5, 5.41) is 8.47. The molecule has 1 N–H and O–H groups in total. The number of sulfone groups is 1. The third kappa shape index (κ3) is 1.37. The van der Waals surface area contributed by atoms with Crippen LogP contribution in [0.2, 0.25) is 0 Å². The van der Waals surface area contributed by atoms with E-state index >= 15 is 0 Å². The van der Waals surface area contributed by atoms with E-state index in [0.717, 1.165) is 12.2 Å². The highest BCUT2D eigenvalue weighted by molar-refractivity contribution is 7.97. The molecule has 0 radical (unpaired) electrons. The zero-order valence-electron chi connectivity index (χ0n) is 8.12. The first-order chi connectivity index (χ1) is 7.59. The predicted octanol–water partition coefficient (Wildman–Crippen LogP) is 1.61. The van der Waals surface area contributed by atoms with Crippen LogP contribution in [-0.4, -0.2) is 19.3 Å². The van der Waals surface area contributed by atoms with Gasteiger partial charge in [0.05, 0.1) is 11.2 Å². The van der Waals surface area contributed by atoms with Crippen LogP contribution >= 0.6 is 0 Å². The van der Waals surface area contributed by atoms with E-state index in [9.17, 15) is 13.2 Å². The normalized spacial score (nSPS) is 20.5. The monoisotopic (exact) mass is 236 g/mol. The molecule has 0 saturated heterocycles. The van der Waals surface area contributed by atoms with Crippen LogP contribution < -0.4 is 0 Å². The minimum atomic E-state index is -3.72. The molecule has 82 valence electrons. The molecule has 0 aliphatic carbocycles. The van der Waals surface area contributed by atoms with Crippen LogP contribution in [0, 0.1) is 0 Å². The molecule has 1 aliphatic heterocycles. The van der Waals surface area contributed by atoms with E-state index < -0.39 is 15.6 Å². The highest BCUT2D eigenvalue weighted by Gasteiger charge is 2.38. The van der Waals surface area contributed by atoms with E-state index in [4.69, 9.17) is 5.11 Å². The highest BCUT2D eigenvalue weighted by atomic mass is 32.2. The van der Waals surface area contributed by atoms with Crippen molar-refractivity contribution < 1.29 is 18.3 Å². The molecule has 0 saturated carbocycles. The number of ketones is 1. The molecule has 0 fully saturated rings. The summed E-state index contributed by atoms with van der Waals surface area (Å²) in [5.41, 5.74) is 0.181. The molecule has 0 aromatic heterocycles. The second-order valence-electron chi connectivity index (χ2n) is 3.20. The van der Waals surface area contributed by atoms with Crippen LogP contribution in [0.15, 0.2) is 52.5 Å². The zero-order chi connectivity index (χ0) is 11.8. The number of fused-ring (bicyclic) bond motifs is 1. The van der Waals surface area contributed by atoms with Crippen LogP contribution in [-0.2, 0) is 9.84 Å². The zero-order valence-corrected chi connectivity index (χ0v) is 8.94. The van der Waals surface area contributed by atoms with E-state index in [-0.39, 0.29) is 15.4 Å². The Morgan fingerprint density at radius 1 is 1.19 bits per heavy atom. The van der Waals surface area contributed by atoms with Crippen LogP contribution in [0.4, 0.5) is 0 Å². The molecule has 0 bridgehead atoms. The van der Waals surface area contributed by atoms with E-state index in [1.54, 1.807) is 12.1 Å². The molecule has 1 aromatic rings. The Balaban J connectivity index is 2.72. The summed E-state index contributed by atoms with van der Waals surface area (Å²) in [6.45, 7) is 0. The van der Waals surface area contributed by atoms with Crippen molar-refractivity contribution in [3.8, 4) is 0 Å². The van der Waals surface area contributed by atoms with Crippen LogP contribution in [0.3, 0.4) is 0 Å². The highest BCUT2D eigenvalue weighted by Crippen LogP contribution is 2.33. The molecule has 0 atom stereocenters. The average Bonchev–Trinajstić information content (AvgIpc) is 2.46. The molecule has 1 aromatic carbocycles. The number of rotatable bonds is 1. The number of hydrogen-bond donors (Lipinski definition) is 1. The fourth-order valence-corrected chi connectivity index (χ4v) is 3.11. The Bertz CT molecular complexity index is 609. The van der Waals surface area contributed by atoms with Gasteiger partial charge in [-0.2, -0.15) is 0 Å². The second kappa shape index (κ2) is 3.61. The van der Waals surface area contributed by atoms with E-state index in [2.05, 4.69) is 0 Å². The molecule has 1 heterocycles. The summed E-state index contributed by atoms with van der Waals surface area (Å²) in [5.74, 6) is -0.534. The van der Waals surface area contributed by atoms with Gasteiger partial charge in [-0.05, 0) is 24.3 Å². The molecule has 16 heavy (non-hydrogen) atoms. The Morgan fingerprint density at radius 2 is 1.88 bits per heavy atom. The average molecular weight is 236 g/mol. The summed E-state index contributed by atoms with van der Waals surface area (Å²) < 4.78 is 23.8. The summed E-state index contributed by atoms with van der Waals surface area (Å²) in [7, 11) is -3.72. The standard InChI is InChI=1S/C11H8O4S/c12-7-3-6-10-11(13)8-4-1-2-5-9(8)16(10,14)15/h1-7,12H/b7-3+,10-6-.